The predicted molar refractivity (Wildman–Crippen MR) is 84.0 cm³/mol. The Morgan fingerprint density at radius 3 is 2.71 bits per heavy atom. The first kappa shape index (κ1) is 14.5. The number of aromatic nitrogens is 3. The monoisotopic (exact) mass is 305 g/mol. The highest BCUT2D eigenvalue weighted by Crippen LogP contribution is 2.25. The van der Waals surface area contributed by atoms with Crippen molar-refractivity contribution in [1.82, 2.24) is 19.9 Å². The first-order chi connectivity index (χ1) is 10.3. The molecule has 0 radical (unpaired) electrons. The van der Waals surface area contributed by atoms with E-state index < -0.39 is 0 Å². The Morgan fingerprint density at radius 1 is 1.19 bits per heavy atom. The molecule has 1 aliphatic heterocycles. The summed E-state index contributed by atoms with van der Waals surface area (Å²) in [5.41, 5.74) is 8.62. The summed E-state index contributed by atoms with van der Waals surface area (Å²) in [6, 6.07) is 7.77. The number of nitrogens with two attached hydrogens (primary N) is 1. The first-order valence-electron chi connectivity index (χ1n) is 7.38. The van der Waals surface area contributed by atoms with Crippen molar-refractivity contribution in [3.63, 3.8) is 0 Å². The minimum Gasteiger partial charge on any atom is -0.325 e. The highest BCUT2D eigenvalue weighted by atomic mass is 35.5. The zero-order valence-electron chi connectivity index (χ0n) is 12.0. The lowest BCUT2D eigenvalue weighted by atomic mass is 10.1. The highest BCUT2D eigenvalue weighted by molar-refractivity contribution is 6.30. The molecule has 1 fully saturated rings. The number of halogens is 1. The molecule has 5 nitrogen and oxygen atoms in total. The summed E-state index contributed by atoms with van der Waals surface area (Å²) in [7, 11) is 0. The van der Waals surface area contributed by atoms with Crippen molar-refractivity contribution in [1.29, 1.82) is 0 Å². The third kappa shape index (κ3) is 3.26. The molecule has 2 aromatic rings. The first-order valence-corrected chi connectivity index (χ1v) is 7.76. The molecule has 6 heteroatoms. The Labute approximate surface area is 129 Å². The van der Waals surface area contributed by atoms with Gasteiger partial charge in [-0.1, -0.05) is 28.9 Å². The van der Waals surface area contributed by atoms with Gasteiger partial charge in [-0.15, -0.1) is 5.10 Å². The molecule has 1 aliphatic rings. The highest BCUT2D eigenvalue weighted by Gasteiger charge is 2.16. The van der Waals surface area contributed by atoms with Crippen LogP contribution in [0.5, 0.6) is 0 Å². The van der Waals surface area contributed by atoms with E-state index in [1.807, 2.05) is 28.9 Å². The Kier molecular flexibility index (Phi) is 4.53. The fraction of sp³-hybridized carbons (Fsp3) is 0.467. The van der Waals surface area contributed by atoms with Crippen molar-refractivity contribution >= 4 is 11.6 Å². The summed E-state index contributed by atoms with van der Waals surface area (Å²) in [4.78, 5) is 2.46. The Bertz CT molecular complexity index is 604. The van der Waals surface area contributed by atoms with Crippen LogP contribution in [0, 0.1) is 0 Å². The Balaban J connectivity index is 1.85. The van der Waals surface area contributed by atoms with Gasteiger partial charge in [-0.3, -0.25) is 0 Å². The predicted octanol–water partition coefficient (Wildman–Crippen LogP) is 2.15. The van der Waals surface area contributed by atoms with Crippen molar-refractivity contribution in [2.45, 2.75) is 25.9 Å². The molecule has 1 aromatic carbocycles. The maximum atomic E-state index is 6.10. The van der Waals surface area contributed by atoms with Crippen molar-refractivity contribution in [3.05, 3.63) is 35.0 Å². The molecule has 3 rings (SSSR count). The number of nitrogens with zero attached hydrogens (tertiary/aromatic N) is 4. The van der Waals surface area contributed by atoms with Gasteiger partial charge in [-0.25, -0.2) is 4.68 Å². The molecular weight excluding hydrogens is 286 g/mol. The number of rotatable bonds is 5. The van der Waals surface area contributed by atoms with Crippen LogP contribution in [0.2, 0.25) is 5.02 Å². The van der Waals surface area contributed by atoms with Crippen molar-refractivity contribution < 1.29 is 0 Å². The van der Waals surface area contributed by atoms with Gasteiger partial charge in [0.25, 0.3) is 0 Å². The van der Waals surface area contributed by atoms with Gasteiger partial charge >= 0.3 is 0 Å². The smallest absolute Gasteiger partial charge is 0.104 e. The number of hydrogen-bond donors (Lipinski definition) is 1. The summed E-state index contributed by atoms with van der Waals surface area (Å²) >= 11 is 6.10. The van der Waals surface area contributed by atoms with Gasteiger partial charge in [0.2, 0.25) is 0 Å². The fourth-order valence-corrected chi connectivity index (χ4v) is 3.03. The number of benzene rings is 1. The normalized spacial score (nSPS) is 15.7. The third-order valence-corrected chi connectivity index (χ3v) is 4.16. The van der Waals surface area contributed by atoms with Gasteiger partial charge < -0.3 is 10.6 Å². The van der Waals surface area contributed by atoms with Crippen molar-refractivity contribution in [2.75, 3.05) is 19.6 Å². The van der Waals surface area contributed by atoms with Crippen LogP contribution in [-0.2, 0) is 13.1 Å². The van der Waals surface area contributed by atoms with Crippen LogP contribution >= 0.6 is 11.6 Å². The van der Waals surface area contributed by atoms with E-state index in [4.69, 9.17) is 17.3 Å². The van der Waals surface area contributed by atoms with Gasteiger partial charge in [0, 0.05) is 23.7 Å². The minimum atomic E-state index is 0.381. The molecule has 1 aromatic heterocycles. The van der Waals surface area contributed by atoms with Crippen molar-refractivity contribution in [2.24, 2.45) is 5.73 Å². The van der Waals surface area contributed by atoms with Gasteiger partial charge in [-0.05, 0) is 38.1 Å². The average Bonchev–Trinajstić information content (AvgIpc) is 3.14. The zero-order chi connectivity index (χ0) is 14.7. The van der Waals surface area contributed by atoms with E-state index in [2.05, 4.69) is 15.2 Å². The summed E-state index contributed by atoms with van der Waals surface area (Å²) in [6.07, 6.45) is 2.60. The second-order valence-electron chi connectivity index (χ2n) is 5.37. The Hall–Kier alpha value is -1.43. The summed E-state index contributed by atoms with van der Waals surface area (Å²) in [5, 5.41) is 9.19. The van der Waals surface area contributed by atoms with Crippen LogP contribution in [0.4, 0.5) is 0 Å². The molecule has 0 saturated carbocycles. The molecule has 0 spiro atoms. The van der Waals surface area contributed by atoms with Crippen LogP contribution in [0.3, 0.4) is 0 Å². The lowest BCUT2D eigenvalue weighted by Gasteiger charge is -2.15. The second-order valence-corrected chi connectivity index (χ2v) is 5.81. The topological polar surface area (TPSA) is 60.0 Å². The minimum absolute atomic E-state index is 0.381. The lowest BCUT2D eigenvalue weighted by Crippen LogP contribution is -2.24. The molecule has 2 heterocycles. The Morgan fingerprint density at radius 2 is 2.00 bits per heavy atom. The molecule has 0 unspecified atom stereocenters. The molecule has 112 valence electrons. The van der Waals surface area contributed by atoms with E-state index in [0.29, 0.717) is 11.6 Å². The van der Waals surface area contributed by atoms with E-state index in [1.165, 1.54) is 25.9 Å². The van der Waals surface area contributed by atoms with Crippen LogP contribution < -0.4 is 5.73 Å². The second kappa shape index (κ2) is 6.56. The molecule has 0 bridgehead atoms. The average molecular weight is 306 g/mol. The molecule has 0 atom stereocenters. The number of hydrogen-bond acceptors (Lipinski definition) is 4. The van der Waals surface area contributed by atoms with Gasteiger partial charge in [-0.2, -0.15) is 0 Å². The van der Waals surface area contributed by atoms with Crippen LogP contribution in [0.25, 0.3) is 11.3 Å². The summed E-state index contributed by atoms with van der Waals surface area (Å²) in [6.45, 7) is 4.58. The zero-order valence-corrected chi connectivity index (χ0v) is 12.8. The quantitative estimate of drug-likeness (QED) is 0.919. The largest absolute Gasteiger partial charge is 0.325 e. The third-order valence-electron chi connectivity index (χ3n) is 3.92. The number of likely N-dealkylation sites (tertiary alicyclic amines) is 1. The molecular formula is C15H20ClN5. The molecule has 0 aliphatic carbocycles. The maximum absolute atomic E-state index is 6.10. The summed E-state index contributed by atoms with van der Waals surface area (Å²) < 4.78 is 1.95. The molecule has 21 heavy (non-hydrogen) atoms. The molecule has 1 saturated heterocycles. The molecule has 2 N–H and O–H groups in total. The van der Waals surface area contributed by atoms with Gasteiger partial charge in [0.05, 0.1) is 12.2 Å². The molecule has 0 amide bonds. The SMILES string of the molecule is NCc1nnn(CCN2CCCC2)c1-c1cccc(Cl)c1. The van der Waals surface area contributed by atoms with E-state index in [9.17, 15) is 0 Å². The standard InChI is InChI=1S/C15H20ClN5/c16-13-5-3-4-12(10-13)15-14(11-17)18-19-21(15)9-8-20-6-1-2-7-20/h3-5,10H,1-2,6-9,11,17H2. The van der Waals surface area contributed by atoms with Gasteiger partial charge in [0.1, 0.15) is 5.69 Å². The fourth-order valence-electron chi connectivity index (χ4n) is 2.84. The van der Waals surface area contributed by atoms with Crippen LogP contribution in [-0.4, -0.2) is 39.5 Å². The van der Waals surface area contributed by atoms with Crippen LogP contribution in [0.1, 0.15) is 18.5 Å². The summed E-state index contributed by atoms with van der Waals surface area (Å²) in [5.74, 6) is 0. The van der Waals surface area contributed by atoms with E-state index in [0.717, 1.165) is 30.0 Å². The van der Waals surface area contributed by atoms with Crippen LogP contribution in [0.15, 0.2) is 24.3 Å². The van der Waals surface area contributed by atoms with E-state index >= 15 is 0 Å². The maximum Gasteiger partial charge on any atom is 0.104 e. The van der Waals surface area contributed by atoms with E-state index in [-0.39, 0.29) is 0 Å². The van der Waals surface area contributed by atoms with Gasteiger partial charge in [0.15, 0.2) is 0 Å². The lowest BCUT2D eigenvalue weighted by molar-refractivity contribution is 0.315. The van der Waals surface area contributed by atoms with E-state index in [1.54, 1.807) is 0 Å². The van der Waals surface area contributed by atoms with Crippen molar-refractivity contribution in [3.8, 4) is 11.3 Å².